The summed E-state index contributed by atoms with van der Waals surface area (Å²) in [5.74, 6) is 0.259. The van der Waals surface area contributed by atoms with Gasteiger partial charge >= 0.3 is 0 Å². The summed E-state index contributed by atoms with van der Waals surface area (Å²) >= 11 is 0. The molecule has 0 saturated carbocycles. The highest BCUT2D eigenvalue weighted by atomic mass is 32.2. The maximum atomic E-state index is 11.0. The van der Waals surface area contributed by atoms with E-state index in [1.54, 1.807) is 25.3 Å². The maximum absolute atomic E-state index is 11.0. The Labute approximate surface area is 91.8 Å². The number of aromatic nitrogens is 4. The van der Waals surface area contributed by atoms with Crippen LogP contribution in [0, 0.1) is 6.92 Å². The second kappa shape index (κ2) is 3.65. The van der Waals surface area contributed by atoms with Gasteiger partial charge in [0.05, 0.1) is 0 Å². The molecule has 0 aliphatic heterocycles. The molecule has 0 atom stereocenters. The van der Waals surface area contributed by atoms with Crippen LogP contribution < -0.4 is 5.14 Å². The summed E-state index contributed by atoms with van der Waals surface area (Å²) in [6.07, 6.45) is 1.63. The van der Waals surface area contributed by atoms with Gasteiger partial charge in [0, 0.05) is 17.5 Å². The standard InChI is InChI=1S/C8H9N5O2S/c1-5-6(3-2-4-10-5)7-11-8(13-12-7)16(9,14)15/h2-4H,1H3,(H2,9,14,15)(H,11,12,13). The summed E-state index contributed by atoms with van der Waals surface area (Å²) in [5, 5.41) is 10.6. The minimum absolute atomic E-state index is 0.259. The van der Waals surface area contributed by atoms with Crippen LogP contribution in [0.1, 0.15) is 5.69 Å². The molecule has 0 spiro atoms. The fraction of sp³-hybridized carbons (Fsp3) is 0.125. The first-order valence-electron chi connectivity index (χ1n) is 4.35. The topological polar surface area (TPSA) is 115 Å². The van der Waals surface area contributed by atoms with Crippen LogP contribution in [0.15, 0.2) is 23.5 Å². The molecule has 0 aliphatic carbocycles. The smallest absolute Gasteiger partial charge is 0.261 e. The van der Waals surface area contributed by atoms with E-state index in [0.717, 1.165) is 0 Å². The molecule has 2 aromatic heterocycles. The lowest BCUT2D eigenvalue weighted by molar-refractivity contribution is 0.589. The number of H-pyrrole nitrogens is 1. The quantitative estimate of drug-likeness (QED) is 0.754. The Morgan fingerprint density at radius 1 is 1.44 bits per heavy atom. The monoisotopic (exact) mass is 239 g/mol. The Hall–Kier alpha value is -1.80. The fourth-order valence-corrected chi connectivity index (χ4v) is 1.60. The van der Waals surface area contributed by atoms with Crippen molar-refractivity contribution in [3.8, 4) is 11.4 Å². The molecule has 7 nitrogen and oxygen atoms in total. The van der Waals surface area contributed by atoms with Gasteiger partial charge < -0.3 is 0 Å². The van der Waals surface area contributed by atoms with E-state index in [1.165, 1.54) is 0 Å². The molecule has 0 unspecified atom stereocenters. The predicted octanol–water partition coefficient (Wildman–Crippen LogP) is -0.177. The molecule has 2 aromatic rings. The van der Waals surface area contributed by atoms with Gasteiger partial charge in [0.1, 0.15) is 0 Å². The largest absolute Gasteiger partial charge is 0.273 e. The summed E-state index contributed by atoms with van der Waals surface area (Å²) in [6.45, 7) is 1.78. The van der Waals surface area contributed by atoms with Gasteiger partial charge in [-0.25, -0.2) is 18.7 Å². The second-order valence-electron chi connectivity index (χ2n) is 3.15. The van der Waals surface area contributed by atoms with Crippen molar-refractivity contribution < 1.29 is 8.42 Å². The van der Waals surface area contributed by atoms with Crippen molar-refractivity contribution in [2.24, 2.45) is 5.14 Å². The first-order chi connectivity index (χ1) is 7.48. The lowest BCUT2D eigenvalue weighted by Gasteiger charge is -1.97. The van der Waals surface area contributed by atoms with E-state index in [1.807, 2.05) is 0 Å². The first kappa shape index (κ1) is 10.7. The molecule has 0 fully saturated rings. The Morgan fingerprint density at radius 3 is 2.75 bits per heavy atom. The van der Waals surface area contributed by atoms with Gasteiger partial charge in [-0.05, 0) is 19.1 Å². The van der Waals surface area contributed by atoms with Crippen LogP contribution in [-0.2, 0) is 10.0 Å². The normalized spacial score (nSPS) is 11.6. The molecular formula is C8H9N5O2S. The lowest BCUT2D eigenvalue weighted by atomic mass is 10.2. The number of aryl methyl sites for hydroxylation is 1. The van der Waals surface area contributed by atoms with Crippen molar-refractivity contribution in [1.82, 2.24) is 20.2 Å². The molecule has 0 saturated heterocycles. The van der Waals surface area contributed by atoms with Gasteiger partial charge in [0.2, 0.25) is 0 Å². The molecule has 16 heavy (non-hydrogen) atoms. The van der Waals surface area contributed by atoms with Crippen molar-refractivity contribution in [2.45, 2.75) is 12.1 Å². The zero-order valence-corrected chi connectivity index (χ0v) is 9.19. The second-order valence-corrected chi connectivity index (χ2v) is 4.62. The van der Waals surface area contributed by atoms with E-state index < -0.39 is 10.0 Å². The number of pyridine rings is 1. The zero-order chi connectivity index (χ0) is 11.8. The molecule has 0 bridgehead atoms. The van der Waals surface area contributed by atoms with Crippen molar-refractivity contribution in [2.75, 3.05) is 0 Å². The van der Waals surface area contributed by atoms with Crippen LogP contribution in [0.5, 0.6) is 0 Å². The van der Waals surface area contributed by atoms with Gasteiger partial charge in [-0.15, -0.1) is 0 Å². The molecule has 2 rings (SSSR count). The predicted molar refractivity (Wildman–Crippen MR) is 55.7 cm³/mol. The number of primary sulfonamides is 1. The fourth-order valence-electron chi connectivity index (χ4n) is 1.22. The van der Waals surface area contributed by atoms with E-state index >= 15 is 0 Å². The maximum Gasteiger partial charge on any atom is 0.273 e. The number of nitrogens with zero attached hydrogens (tertiary/aromatic N) is 3. The van der Waals surface area contributed by atoms with Crippen LogP contribution >= 0.6 is 0 Å². The van der Waals surface area contributed by atoms with E-state index in [4.69, 9.17) is 5.14 Å². The highest BCUT2D eigenvalue weighted by molar-refractivity contribution is 7.89. The third-order valence-corrected chi connectivity index (χ3v) is 2.70. The molecular weight excluding hydrogens is 230 g/mol. The average molecular weight is 239 g/mol. The SMILES string of the molecule is Cc1ncccc1-c1n[nH]c(S(N)(=O)=O)n1. The van der Waals surface area contributed by atoms with Gasteiger partial charge in [0.25, 0.3) is 15.2 Å². The summed E-state index contributed by atoms with van der Waals surface area (Å²) in [7, 11) is -3.85. The van der Waals surface area contributed by atoms with Crippen LogP contribution in [-0.4, -0.2) is 28.6 Å². The Kier molecular flexibility index (Phi) is 2.44. The highest BCUT2D eigenvalue weighted by Crippen LogP contribution is 2.17. The number of nitrogens with two attached hydrogens (primary N) is 1. The molecule has 0 aromatic carbocycles. The van der Waals surface area contributed by atoms with Crippen LogP contribution in [0.2, 0.25) is 0 Å². The Balaban J connectivity index is 2.52. The number of nitrogens with one attached hydrogen (secondary N) is 1. The summed E-state index contributed by atoms with van der Waals surface area (Å²) in [4.78, 5) is 7.85. The molecule has 0 amide bonds. The number of hydrogen-bond donors (Lipinski definition) is 2. The third kappa shape index (κ3) is 1.92. The first-order valence-corrected chi connectivity index (χ1v) is 5.90. The zero-order valence-electron chi connectivity index (χ0n) is 8.38. The van der Waals surface area contributed by atoms with E-state index in [-0.39, 0.29) is 11.0 Å². The molecule has 84 valence electrons. The van der Waals surface area contributed by atoms with Gasteiger partial charge in [-0.2, -0.15) is 10.1 Å². The van der Waals surface area contributed by atoms with Crippen molar-refractivity contribution in [3.63, 3.8) is 0 Å². The average Bonchev–Trinajstić information content (AvgIpc) is 2.66. The number of sulfonamides is 1. The summed E-state index contributed by atoms with van der Waals surface area (Å²) < 4.78 is 22.0. The van der Waals surface area contributed by atoms with Crippen LogP contribution in [0.3, 0.4) is 0 Å². The number of rotatable bonds is 2. The van der Waals surface area contributed by atoms with Gasteiger partial charge in [0.15, 0.2) is 5.82 Å². The minimum Gasteiger partial charge on any atom is -0.261 e. The van der Waals surface area contributed by atoms with Crippen LogP contribution in [0.25, 0.3) is 11.4 Å². The highest BCUT2D eigenvalue weighted by Gasteiger charge is 2.15. The lowest BCUT2D eigenvalue weighted by Crippen LogP contribution is -2.13. The van der Waals surface area contributed by atoms with Crippen molar-refractivity contribution in [1.29, 1.82) is 0 Å². The van der Waals surface area contributed by atoms with E-state index in [9.17, 15) is 8.42 Å². The molecule has 2 heterocycles. The van der Waals surface area contributed by atoms with Crippen molar-refractivity contribution in [3.05, 3.63) is 24.0 Å². The Bertz CT molecular complexity index is 619. The number of aromatic amines is 1. The van der Waals surface area contributed by atoms with E-state index in [2.05, 4.69) is 20.2 Å². The van der Waals surface area contributed by atoms with Crippen LogP contribution in [0.4, 0.5) is 0 Å². The third-order valence-electron chi connectivity index (χ3n) is 1.98. The molecule has 0 radical (unpaired) electrons. The minimum atomic E-state index is -3.85. The number of hydrogen-bond acceptors (Lipinski definition) is 5. The summed E-state index contributed by atoms with van der Waals surface area (Å²) in [6, 6.07) is 3.47. The molecule has 0 aliphatic rings. The van der Waals surface area contributed by atoms with Crippen molar-refractivity contribution >= 4 is 10.0 Å². The summed E-state index contributed by atoms with van der Waals surface area (Å²) in [5.41, 5.74) is 1.37. The van der Waals surface area contributed by atoms with E-state index in [0.29, 0.717) is 11.3 Å². The Morgan fingerprint density at radius 2 is 2.19 bits per heavy atom. The molecule has 8 heteroatoms. The molecule has 3 N–H and O–H groups in total. The van der Waals surface area contributed by atoms with Gasteiger partial charge in [-0.1, -0.05) is 0 Å². The van der Waals surface area contributed by atoms with Gasteiger partial charge in [-0.3, -0.25) is 4.98 Å².